The van der Waals surface area contributed by atoms with E-state index in [0.29, 0.717) is 17.3 Å². The maximum Gasteiger partial charge on any atom is 0.228 e. The van der Waals surface area contributed by atoms with Gasteiger partial charge in [-0.05, 0) is 52.4 Å². The Morgan fingerprint density at radius 2 is 1.83 bits per heavy atom. The number of aromatic nitrogens is 4. The minimum Gasteiger partial charge on any atom is -0.326 e. The van der Waals surface area contributed by atoms with Crippen molar-refractivity contribution in [2.75, 3.05) is 5.32 Å². The maximum atomic E-state index is 12.1. The monoisotopic (exact) mass is 327 g/mol. The van der Waals surface area contributed by atoms with Crippen molar-refractivity contribution < 1.29 is 4.79 Å². The highest BCUT2D eigenvalue weighted by Crippen LogP contribution is 2.18. The average Bonchev–Trinajstić information content (AvgIpc) is 2.96. The number of nitrogens with one attached hydrogen (secondary N) is 1. The van der Waals surface area contributed by atoms with Crippen molar-refractivity contribution in [2.24, 2.45) is 7.05 Å². The molecule has 7 heteroatoms. The Bertz CT molecular complexity index is 811. The van der Waals surface area contributed by atoms with Gasteiger partial charge < -0.3 is 5.32 Å². The second-order valence-corrected chi connectivity index (χ2v) is 5.49. The van der Waals surface area contributed by atoms with Gasteiger partial charge in [-0.25, -0.2) is 4.68 Å². The summed E-state index contributed by atoms with van der Waals surface area (Å²) in [6.45, 7) is 0. The van der Waals surface area contributed by atoms with Gasteiger partial charge in [-0.1, -0.05) is 23.7 Å². The van der Waals surface area contributed by atoms with E-state index in [0.717, 1.165) is 16.8 Å². The molecular weight excluding hydrogens is 314 g/mol. The number of hydrogen-bond donors (Lipinski definition) is 1. The first-order valence-corrected chi connectivity index (χ1v) is 7.37. The third-order valence-corrected chi connectivity index (χ3v) is 3.58. The molecule has 3 aromatic rings. The van der Waals surface area contributed by atoms with Gasteiger partial charge >= 0.3 is 0 Å². The standard InChI is InChI=1S/C16H14ClN5O/c1-22-16(19-20-21-22)12-4-8-14(9-5-12)18-15(23)10-11-2-6-13(17)7-3-11/h2-9H,10H2,1H3,(H,18,23). The smallest absolute Gasteiger partial charge is 0.228 e. The summed E-state index contributed by atoms with van der Waals surface area (Å²) in [5, 5.41) is 14.9. The maximum absolute atomic E-state index is 12.1. The molecule has 0 aliphatic heterocycles. The van der Waals surface area contributed by atoms with Crippen molar-refractivity contribution in [3.8, 4) is 11.4 Å². The molecule has 0 radical (unpaired) electrons. The van der Waals surface area contributed by atoms with E-state index in [1.807, 2.05) is 36.4 Å². The summed E-state index contributed by atoms with van der Waals surface area (Å²) in [4.78, 5) is 12.1. The SMILES string of the molecule is Cn1nnnc1-c1ccc(NC(=O)Cc2ccc(Cl)cc2)cc1. The summed E-state index contributed by atoms with van der Waals surface area (Å²) in [6.07, 6.45) is 0.298. The Kier molecular flexibility index (Phi) is 4.34. The van der Waals surface area contributed by atoms with E-state index in [2.05, 4.69) is 20.8 Å². The lowest BCUT2D eigenvalue weighted by Gasteiger charge is -2.06. The van der Waals surface area contributed by atoms with Gasteiger partial charge in [0.15, 0.2) is 5.82 Å². The van der Waals surface area contributed by atoms with Crippen LogP contribution in [0.5, 0.6) is 0 Å². The van der Waals surface area contributed by atoms with Crippen LogP contribution in [0, 0.1) is 0 Å². The van der Waals surface area contributed by atoms with E-state index in [-0.39, 0.29) is 5.91 Å². The highest BCUT2D eigenvalue weighted by molar-refractivity contribution is 6.30. The number of tetrazole rings is 1. The van der Waals surface area contributed by atoms with Crippen LogP contribution in [-0.2, 0) is 18.3 Å². The molecular formula is C16H14ClN5O. The number of carbonyl (C=O) groups excluding carboxylic acids is 1. The highest BCUT2D eigenvalue weighted by atomic mass is 35.5. The van der Waals surface area contributed by atoms with Gasteiger partial charge in [0.1, 0.15) is 0 Å². The fraction of sp³-hybridized carbons (Fsp3) is 0.125. The lowest BCUT2D eigenvalue weighted by atomic mass is 10.1. The number of aryl methyl sites for hydroxylation is 1. The summed E-state index contributed by atoms with van der Waals surface area (Å²) < 4.78 is 1.59. The zero-order valence-electron chi connectivity index (χ0n) is 12.4. The number of carbonyl (C=O) groups is 1. The Labute approximate surface area is 138 Å². The molecule has 0 fully saturated rings. The number of anilines is 1. The fourth-order valence-corrected chi connectivity index (χ4v) is 2.30. The van der Waals surface area contributed by atoms with Crippen LogP contribution in [0.1, 0.15) is 5.56 Å². The molecule has 1 heterocycles. The second kappa shape index (κ2) is 6.58. The van der Waals surface area contributed by atoms with Gasteiger partial charge in [0.2, 0.25) is 5.91 Å². The summed E-state index contributed by atoms with van der Waals surface area (Å²) in [5.41, 5.74) is 2.52. The zero-order chi connectivity index (χ0) is 16.2. The first-order valence-electron chi connectivity index (χ1n) is 6.99. The van der Waals surface area contributed by atoms with E-state index in [9.17, 15) is 4.79 Å². The van der Waals surface area contributed by atoms with Crippen molar-refractivity contribution in [3.63, 3.8) is 0 Å². The van der Waals surface area contributed by atoms with E-state index in [1.54, 1.807) is 23.9 Å². The minimum absolute atomic E-state index is 0.0830. The molecule has 0 atom stereocenters. The van der Waals surface area contributed by atoms with E-state index in [1.165, 1.54) is 0 Å². The number of amides is 1. The molecule has 3 rings (SSSR count). The summed E-state index contributed by atoms with van der Waals surface area (Å²) >= 11 is 5.83. The zero-order valence-corrected chi connectivity index (χ0v) is 13.2. The third kappa shape index (κ3) is 3.73. The van der Waals surface area contributed by atoms with Crippen LogP contribution in [-0.4, -0.2) is 26.1 Å². The van der Waals surface area contributed by atoms with E-state index >= 15 is 0 Å². The van der Waals surface area contributed by atoms with Crippen molar-refractivity contribution in [1.82, 2.24) is 20.2 Å². The quantitative estimate of drug-likeness (QED) is 0.799. The summed E-state index contributed by atoms with van der Waals surface area (Å²) in [6, 6.07) is 14.6. The first-order chi connectivity index (χ1) is 11.1. The molecule has 0 saturated heterocycles. The molecule has 1 N–H and O–H groups in total. The molecule has 0 saturated carbocycles. The van der Waals surface area contributed by atoms with Crippen LogP contribution in [0.25, 0.3) is 11.4 Å². The third-order valence-electron chi connectivity index (χ3n) is 3.32. The van der Waals surface area contributed by atoms with Crippen molar-refractivity contribution in [3.05, 3.63) is 59.1 Å². The number of halogens is 1. The fourth-order valence-electron chi connectivity index (χ4n) is 2.17. The van der Waals surface area contributed by atoms with Crippen molar-refractivity contribution >= 4 is 23.2 Å². The Balaban J connectivity index is 1.65. The molecule has 116 valence electrons. The molecule has 6 nitrogen and oxygen atoms in total. The van der Waals surface area contributed by atoms with Gasteiger partial charge in [0.05, 0.1) is 6.42 Å². The van der Waals surface area contributed by atoms with Crippen LogP contribution in [0.3, 0.4) is 0 Å². The van der Waals surface area contributed by atoms with Crippen molar-refractivity contribution in [2.45, 2.75) is 6.42 Å². The van der Waals surface area contributed by atoms with Crippen LogP contribution < -0.4 is 5.32 Å². The lowest BCUT2D eigenvalue weighted by Crippen LogP contribution is -2.14. The van der Waals surface area contributed by atoms with Crippen LogP contribution in [0.15, 0.2) is 48.5 Å². The second-order valence-electron chi connectivity index (χ2n) is 5.05. The Morgan fingerprint density at radius 1 is 1.13 bits per heavy atom. The van der Waals surface area contributed by atoms with E-state index < -0.39 is 0 Å². The molecule has 0 aliphatic rings. The Hall–Kier alpha value is -2.73. The summed E-state index contributed by atoms with van der Waals surface area (Å²) in [7, 11) is 1.77. The normalized spacial score (nSPS) is 10.5. The topological polar surface area (TPSA) is 72.7 Å². The largest absolute Gasteiger partial charge is 0.326 e. The molecule has 1 amide bonds. The molecule has 0 spiro atoms. The predicted molar refractivity (Wildman–Crippen MR) is 88.0 cm³/mol. The number of hydrogen-bond acceptors (Lipinski definition) is 4. The number of benzene rings is 2. The van der Waals surface area contributed by atoms with Crippen LogP contribution in [0.4, 0.5) is 5.69 Å². The summed E-state index contributed by atoms with van der Waals surface area (Å²) in [5.74, 6) is 0.587. The lowest BCUT2D eigenvalue weighted by molar-refractivity contribution is -0.115. The highest BCUT2D eigenvalue weighted by Gasteiger charge is 2.07. The van der Waals surface area contributed by atoms with Crippen LogP contribution >= 0.6 is 11.6 Å². The number of rotatable bonds is 4. The molecule has 1 aromatic heterocycles. The van der Waals surface area contributed by atoms with Gasteiger partial charge in [0.25, 0.3) is 0 Å². The van der Waals surface area contributed by atoms with Crippen LogP contribution in [0.2, 0.25) is 5.02 Å². The first kappa shape index (κ1) is 15.2. The molecule has 0 aliphatic carbocycles. The Morgan fingerprint density at radius 3 is 2.43 bits per heavy atom. The number of nitrogens with zero attached hydrogens (tertiary/aromatic N) is 4. The van der Waals surface area contributed by atoms with E-state index in [4.69, 9.17) is 11.6 Å². The predicted octanol–water partition coefficient (Wildman–Crippen LogP) is 2.71. The van der Waals surface area contributed by atoms with Gasteiger partial charge in [-0.3, -0.25) is 4.79 Å². The van der Waals surface area contributed by atoms with Crippen molar-refractivity contribution in [1.29, 1.82) is 0 Å². The molecule has 0 unspecified atom stereocenters. The molecule has 23 heavy (non-hydrogen) atoms. The minimum atomic E-state index is -0.0830. The van der Waals surface area contributed by atoms with Gasteiger partial charge in [0, 0.05) is 23.3 Å². The van der Waals surface area contributed by atoms with Gasteiger partial charge in [-0.2, -0.15) is 0 Å². The van der Waals surface area contributed by atoms with Gasteiger partial charge in [-0.15, -0.1) is 5.10 Å². The molecule has 0 bridgehead atoms. The molecule has 2 aromatic carbocycles. The average molecular weight is 328 g/mol.